The Hall–Kier alpha value is -1.23. The fraction of sp³-hybridized carbons (Fsp3) is 0.667. The smallest absolute Gasteiger partial charge is 0.395 e. The van der Waals surface area contributed by atoms with Gasteiger partial charge in [0.2, 0.25) is 0 Å². The topological polar surface area (TPSA) is 21.6 Å². The molecule has 6 heteroatoms. The summed E-state index contributed by atoms with van der Waals surface area (Å²) in [6, 6.07) is 3.73. The highest BCUT2D eigenvalue weighted by molar-refractivity contribution is 6.31. The van der Waals surface area contributed by atoms with Crippen molar-refractivity contribution in [3.8, 4) is 0 Å². The molecular weight excluding hydrogens is 375 g/mol. The fourth-order valence-electron chi connectivity index (χ4n) is 4.26. The van der Waals surface area contributed by atoms with E-state index < -0.39 is 11.7 Å². The lowest BCUT2D eigenvalue weighted by Crippen LogP contribution is -2.23. The van der Waals surface area contributed by atoms with Gasteiger partial charge < -0.3 is 4.84 Å². The summed E-state index contributed by atoms with van der Waals surface area (Å²) in [5, 5.41) is 4.57. The van der Waals surface area contributed by atoms with Gasteiger partial charge >= 0.3 is 6.18 Å². The minimum Gasteiger partial charge on any atom is -0.395 e. The predicted molar refractivity (Wildman–Crippen MR) is 102 cm³/mol. The monoisotopic (exact) mass is 401 g/mol. The molecular formula is C21H27ClF3NO. The minimum atomic E-state index is -4.45. The van der Waals surface area contributed by atoms with Crippen LogP contribution in [0, 0.1) is 11.8 Å². The Balaban J connectivity index is 1.87. The third-order valence-corrected chi connectivity index (χ3v) is 5.99. The van der Waals surface area contributed by atoms with E-state index >= 15 is 0 Å². The number of oxime groups is 1. The highest BCUT2D eigenvalue weighted by Gasteiger charge is 2.36. The van der Waals surface area contributed by atoms with E-state index in [1.807, 2.05) is 0 Å². The highest BCUT2D eigenvalue weighted by Crippen LogP contribution is 2.37. The maximum Gasteiger partial charge on any atom is 0.417 e. The van der Waals surface area contributed by atoms with Crippen molar-refractivity contribution in [2.75, 3.05) is 6.61 Å². The van der Waals surface area contributed by atoms with E-state index in [9.17, 15) is 13.2 Å². The first-order valence-corrected chi connectivity index (χ1v) is 10.4. The van der Waals surface area contributed by atoms with Gasteiger partial charge in [0.05, 0.1) is 11.3 Å². The van der Waals surface area contributed by atoms with Crippen LogP contribution in [0.15, 0.2) is 23.4 Å². The Labute approximate surface area is 164 Å². The Morgan fingerprint density at radius 3 is 2.26 bits per heavy atom. The van der Waals surface area contributed by atoms with Crippen molar-refractivity contribution in [2.24, 2.45) is 17.0 Å². The van der Waals surface area contributed by atoms with Crippen LogP contribution >= 0.6 is 11.6 Å². The molecule has 2 aliphatic carbocycles. The van der Waals surface area contributed by atoms with Gasteiger partial charge in [0.25, 0.3) is 0 Å². The summed E-state index contributed by atoms with van der Waals surface area (Å²) in [6.07, 6.45) is 6.24. The lowest BCUT2D eigenvalue weighted by molar-refractivity contribution is -0.137. The lowest BCUT2D eigenvalue weighted by atomic mass is 9.82. The Morgan fingerprint density at radius 2 is 1.63 bits per heavy atom. The molecule has 1 aromatic rings. The molecule has 0 unspecified atom stereocenters. The van der Waals surface area contributed by atoms with Crippen molar-refractivity contribution < 1.29 is 18.0 Å². The van der Waals surface area contributed by atoms with Crippen molar-refractivity contribution in [1.29, 1.82) is 0 Å². The van der Waals surface area contributed by atoms with Gasteiger partial charge in [-0.2, -0.15) is 13.2 Å². The second-order valence-electron chi connectivity index (χ2n) is 7.80. The van der Waals surface area contributed by atoms with Gasteiger partial charge in [0, 0.05) is 16.5 Å². The van der Waals surface area contributed by atoms with Crippen LogP contribution in [0.3, 0.4) is 0 Å². The quantitative estimate of drug-likeness (QED) is 0.376. The number of alkyl halides is 3. The molecule has 2 fully saturated rings. The van der Waals surface area contributed by atoms with Crippen LogP contribution in [0.2, 0.25) is 5.02 Å². The molecule has 0 heterocycles. The van der Waals surface area contributed by atoms with Crippen molar-refractivity contribution in [1.82, 2.24) is 0 Å². The molecule has 3 rings (SSSR count). The first-order valence-electron chi connectivity index (χ1n) is 10.0. The molecule has 0 radical (unpaired) electrons. The van der Waals surface area contributed by atoms with E-state index in [0.29, 0.717) is 18.2 Å². The molecule has 27 heavy (non-hydrogen) atoms. The van der Waals surface area contributed by atoms with Crippen LogP contribution in [-0.2, 0) is 11.0 Å². The van der Waals surface area contributed by atoms with Gasteiger partial charge in [-0.3, -0.25) is 0 Å². The van der Waals surface area contributed by atoms with Crippen LogP contribution in [0.4, 0.5) is 13.2 Å². The number of hydrogen-bond acceptors (Lipinski definition) is 2. The summed E-state index contributed by atoms with van der Waals surface area (Å²) in [6.45, 7) is 0.484. The van der Waals surface area contributed by atoms with E-state index in [1.54, 1.807) is 0 Å². The van der Waals surface area contributed by atoms with Crippen LogP contribution < -0.4 is 0 Å². The van der Waals surface area contributed by atoms with Gasteiger partial charge in [-0.15, -0.1) is 0 Å². The molecule has 2 aliphatic rings. The summed E-state index contributed by atoms with van der Waals surface area (Å²) < 4.78 is 40.7. The molecule has 0 aromatic heterocycles. The second kappa shape index (κ2) is 9.31. The summed E-state index contributed by atoms with van der Waals surface area (Å²) in [5.74, 6) is 0.446. The molecule has 0 atom stereocenters. The molecule has 2 nitrogen and oxygen atoms in total. The summed E-state index contributed by atoms with van der Waals surface area (Å²) in [5.41, 5.74) is -0.191. The molecule has 1 aromatic carbocycles. The second-order valence-corrected chi connectivity index (χ2v) is 8.24. The molecule has 2 saturated carbocycles. The van der Waals surface area contributed by atoms with Crippen molar-refractivity contribution in [3.63, 3.8) is 0 Å². The number of hydrogen-bond donors (Lipinski definition) is 0. The van der Waals surface area contributed by atoms with Crippen LogP contribution in [0.1, 0.15) is 75.3 Å². The number of nitrogens with zero attached hydrogens (tertiary/aromatic N) is 1. The number of rotatable bonds is 5. The molecule has 150 valence electrons. The fourth-order valence-corrected chi connectivity index (χ4v) is 4.43. The maximum atomic E-state index is 13.6. The van der Waals surface area contributed by atoms with E-state index in [-0.39, 0.29) is 16.5 Å². The Kier molecular flexibility index (Phi) is 7.07. The van der Waals surface area contributed by atoms with Crippen LogP contribution in [0.5, 0.6) is 0 Å². The molecule has 0 N–H and O–H groups in total. The normalized spacial score (nSPS) is 20.7. The largest absolute Gasteiger partial charge is 0.417 e. The number of benzene rings is 1. The van der Waals surface area contributed by atoms with Crippen LogP contribution in [-0.4, -0.2) is 12.3 Å². The van der Waals surface area contributed by atoms with Gasteiger partial charge in [-0.25, -0.2) is 0 Å². The van der Waals surface area contributed by atoms with E-state index in [2.05, 4.69) is 5.16 Å². The van der Waals surface area contributed by atoms with Crippen molar-refractivity contribution in [2.45, 2.75) is 70.4 Å². The minimum absolute atomic E-state index is 0.00956. The third-order valence-electron chi connectivity index (χ3n) is 5.75. The molecule has 0 saturated heterocycles. The molecule has 0 spiro atoms. The molecule has 0 aliphatic heterocycles. The number of halogens is 4. The zero-order valence-electron chi connectivity index (χ0n) is 15.5. The van der Waals surface area contributed by atoms with E-state index in [0.717, 1.165) is 51.0 Å². The maximum absolute atomic E-state index is 13.6. The Bertz CT molecular complexity index is 647. The first-order chi connectivity index (χ1) is 12.9. The van der Waals surface area contributed by atoms with E-state index in [4.69, 9.17) is 16.4 Å². The van der Waals surface area contributed by atoms with E-state index in [1.165, 1.54) is 31.4 Å². The van der Waals surface area contributed by atoms with Gasteiger partial charge in [0.1, 0.15) is 6.61 Å². The molecule has 0 bridgehead atoms. The predicted octanol–water partition coefficient (Wildman–Crippen LogP) is 7.24. The third kappa shape index (κ3) is 5.63. The lowest BCUT2D eigenvalue weighted by Gasteiger charge is -2.26. The summed E-state index contributed by atoms with van der Waals surface area (Å²) in [7, 11) is 0. The first kappa shape index (κ1) is 20.5. The summed E-state index contributed by atoms with van der Waals surface area (Å²) >= 11 is 6.04. The van der Waals surface area contributed by atoms with Gasteiger partial charge in [-0.1, -0.05) is 55.3 Å². The standard InChI is InChI=1S/C21H27ClF3NO/c22-17-11-12-19(21(23,24)25)18(13-17)20(16-9-5-2-6-10-16)26-27-14-15-7-3-1-4-8-15/h11-13,15-16H,1-10,14H2/b26-20+. The average molecular weight is 402 g/mol. The SMILES string of the molecule is FC(F)(F)c1ccc(Cl)cc1/C(=N/OCC1CCCCC1)C1CCCCC1. The zero-order valence-corrected chi connectivity index (χ0v) is 16.3. The van der Waals surface area contributed by atoms with Crippen molar-refractivity contribution in [3.05, 3.63) is 34.3 Å². The zero-order chi connectivity index (χ0) is 19.3. The van der Waals surface area contributed by atoms with Crippen molar-refractivity contribution >= 4 is 17.3 Å². The average Bonchev–Trinajstić information content (AvgIpc) is 2.66. The molecule has 0 amide bonds. The highest BCUT2D eigenvalue weighted by atomic mass is 35.5. The van der Waals surface area contributed by atoms with Crippen LogP contribution in [0.25, 0.3) is 0 Å². The van der Waals surface area contributed by atoms with Gasteiger partial charge in [0.15, 0.2) is 0 Å². The summed E-state index contributed by atoms with van der Waals surface area (Å²) in [4.78, 5) is 5.63. The van der Waals surface area contributed by atoms with Gasteiger partial charge in [-0.05, 0) is 49.8 Å². The Morgan fingerprint density at radius 1 is 1.00 bits per heavy atom.